The Kier molecular flexibility index (Phi) is 3.15. The predicted octanol–water partition coefficient (Wildman–Crippen LogP) is 3.95. The fraction of sp³-hybridized carbons (Fsp3) is 0. The summed E-state index contributed by atoms with van der Waals surface area (Å²) in [5.74, 6) is 0. The molecule has 4 aromatic carbocycles. The Balaban J connectivity index is 1.86. The maximum absolute atomic E-state index is 4.32. The Morgan fingerprint density at radius 1 is 0.714 bits per heavy atom. The van der Waals surface area contributed by atoms with Gasteiger partial charge in [-0.25, -0.2) is 0 Å². The second-order valence-electron chi connectivity index (χ2n) is 7.31. The van der Waals surface area contributed by atoms with Crippen LogP contribution >= 0.6 is 0 Å². The van der Waals surface area contributed by atoms with Crippen LogP contribution in [0, 0.1) is 0 Å². The van der Waals surface area contributed by atoms with Gasteiger partial charge in [-0.2, -0.15) is 0 Å². The molecule has 2 heterocycles. The van der Waals surface area contributed by atoms with Crippen molar-refractivity contribution in [2.75, 3.05) is 0 Å². The lowest BCUT2D eigenvalue weighted by atomic mass is 9.35. The number of rotatable bonds is 2. The van der Waals surface area contributed by atoms with Crippen molar-refractivity contribution in [3.8, 4) is 5.69 Å². The van der Waals surface area contributed by atoms with Crippen LogP contribution in [0.4, 0.5) is 5.69 Å². The molecule has 0 saturated carbocycles. The zero-order valence-corrected chi connectivity index (χ0v) is 15.3. The van der Waals surface area contributed by atoms with Gasteiger partial charge in [-0.1, -0.05) is 78.3 Å². The lowest BCUT2D eigenvalue weighted by molar-refractivity contribution is 1.19. The van der Waals surface area contributed by atoms with Crippen LogP contribution in [0.1, 0.15) is 0 Å². The van der Waals surface area contributed by atoms with Gasteiger partial charge in [0, 0.05) is 22.0 Å². The summed E-state index contributed by atoms with van der Waals surface area (Å²) in [7, 11) is 0. The zero-order chi connectivity index (χ0) is 18.7. The van der Waals surface area contributed by atoms with Crippen molar-refractivity contribution in [1.82, 2.24) is 4.57 Å². The first kappa shape index (κ1) is 15.5. The summed E-state index contributed by atoms with van der Waals surface area (Å²) in [6.07, 6.45) is 0. The fourth-order valence-corrected chi connectivity index (χ4v) is 4.85. The minimum Gasteiger partial charge on any atom is -0.310 e. The first-order valence-electron chi connectivity index (χ1n) is 9.55. The smallest absolute Gasteiger partial charge is 0.246 e. The topological polar surface area (TPSA) is 17.3 Å². The molecule has 0 N–H and O–H groups in total. The number of aromatic nitrogens is 1. The summed E-state index contributed by atoms with van der Waals surface area (Å²) in [4.78, 5) is 4.32. The summed E-state index contributed by atoms with van der Waals surface area (Å²) in [6, 6.07) is 32.5. The summed E-state index contributed by atoms with van der Waals surface area (Å²) < 4.78 is 2.41. The molecule has 0 unspecified atom stereocenters. The molecule has 0 bridgehead atoms. The number of para-hydroxylation sites is 2. The second kappa shape index (κ2) is 5.70. The van der Waals surface area contributed by atoms with Crippen LogP contribution < -0.4 is 16.4 Å². The molecule has 3 heteroatoms. The molecule has 0 aliphatic carbocycles. The van der Waals surface area contributed by atoms with Crippen molar-refractivity contribution >= 4 is 57.3 Å². The van der Waals surface area contributed by atoms with Gasteiger partial charge in [-0.05, 0) is 35.8 Å². The van der Waals surface area contributed by atoms with Gasteiger partial charge in [0.2, 0.25) is 6.71 Å². The Hall–Kier alpha value is -3.59. The normalized spacial score (nSPS) is 12.4. The molecule has 0 fully saturated rings. The van der Waals surface area contributed by atoms with Gasteiger partial charge < -0.3 is 4.57 Å². The average Bonchev–Trinajstić information content (AvgIpc) is 3.11. The fourth-order valence-electron chi connectivity index (χ4n) is 4.85. The lowest BCUT2D eigenvalue weighted by Crippen LogP contribution is -2.55. The van der Waals surface area contributed by atoms with Crippen LogP contribution in [0.15, 0.2) is 96.0 Å². The molecule has 2 nitrogen and oxygen atoms in total. The number of fused-ring (bicyclic) bond motifs is 5. The highest BCUT2D eigenvalue weighted by Crippen LogP contribution is 2.37. The first-order chi connectivity index (χ1) is 13.9. The third-order valence-corrected chi connectivity index (χ3v) is 5.92. The lowest BCUT2D eigenvalue weighted by Gasteiger charge is -2.26. The van der Waals surface area contributed by atoms with E-state index in [1.165, 1.54) is 43.9 Å². The minimum atomic E-state index is 0.220. The van der Waals surface area contributed by atoms with E-state index in [9.17, 15) is 0 Å². The summed E-state index contributed by atoms with van der Waals surface area (Å²) in [5.41, 5.74) is 8.65. The molecule has 0 amide bonds. The number of nitrogens with zero attached hydrogens (tertiary/aromatic N) is 2. The van der Waals surface area contributed by atoms with Crippen LogP contribution in [0.25, 0.3) is 27.5 Å². The van der Waals surface area contributed by atoms with Crippen molar-refractivity contribution in [2.24, 2.45) is 4.99 Å². The third kappa shape index (κ3) is 1.91. The zero-order valence-electron chi connectivity index (χ0n) is 15.3. The molecular weight excluding hydrogens is 339 g/mol. The molecule has 1 aromatic heterocycles. The standard InChI is InChI=1S/C25H17BN2/c1-27-21-14-8-16-23-24(21)18-11-7-13-20-25(18)28(23)22-15-6-5-12-19(22)26(20)17-9-3-2-4-10-17/h2-16H,1H2. The van der Waals surface area contributed by atoms with E-state index >= 15 is 0 Å². The van der Waals surface area contributed by atoms with Gasteiger partial charge in [-0.3, -0.25) is 4.99 Å². The highest BCUT2D eigenvalue weighted by atomic mass is 15.0. The Morgan fingerprint density at radius 3 is 2.32 bits per heavy atom. The third-order valence-electron chi connectivity index (χ3n) is 5.92. The van der Waals surface area contributed by atoms with Crippen LogP contribution in [0.5, 0.6) is 0 Å². The summed E-state index contributed by atoms with van der Waals surface area (Å²) in [5, 5.41) is 2.42. The minimum absolute atomic E-state index is 0.220. The molecule has 6 rings (SSSR count). The van der Waals surface area contributed by atoms with Gasteiger partial charge in [0.1, 0.15) is 0 Å². The van der Waals surface area contributed by atoms with E-state index in [1.54, 1.807) is 0 Å². The highest BCUT2D eigenvalue weighted by molar-refractivity contribution is 6.98. The van der Waals surface area contributed by atoms with Gasteiger partial charge in [0.05, 0.1) is 11.2 Å². The van der Waals surface area contributed by atoms with Crippen molar-refractivity contribution in [3.05, 3.63) is 91.0 Å². The first-order valence-corrected chi connectivity index (χ1v) is 9.55. The van der Waals surface area contributed by atoms with E-state index < -0.39 is 0 Å². The molecule has 0 atom stereocenters. The maximum atomic E-state index is 4.32. The SMILES string of the molecule is C=Nc1cccc2c1c1cccc3c1n2-c1ccccc1B3c1ccccc1. The molecule has 0 saturated heterocycles. The largest absolute Gasteiger partial charge is 0.310 e. The predicted molar refractivity (Wildman–Crippen MR) is 121 cm³/mol. The van der Waals surface area contributed by atoms with E-state index in [4.69, 9.17) is 0 Å². The van der Waals surface area contributed by atoms with Gasteiger partial charge >= 0.3 is 0 Å². The molecule has 130 valence electrons. The molecule has 0 radical (unpaired) electrons. The van der Waals surface area contributed by atoms with E-state index in [2.05, 4.69) is 101 Å². The molecule has 1 aliphatic heterocycles. The van der Waals surface area contributed by atoms with Crippen molar-refractivity contribution in [1.29, 1.82) is 0 Å². The quantitative estimate of drug-likeness (QED) is 0.330. The molecular formula is C25H17BN2. The van der Waals surface area contributed by atoms with Crippen molar-refractivity contribution in [2.45, 2.75) is 0 Å². The monoisotopic (exact) mass is 356 g/mol. The van der Waals surface area contributed by atoms with E-state index in [-0.39, 0.29) is 6.71 Å². The highest BCUT2D eigenvalue weighted by Gasteiger charge is 2.33. The van der Waals surface area contributed by atoms with Gasteiger partial charge in [0.25, 0.3) is 0 Å². The van der Waals surface area contributed by atoms with Crippen LogP contribution in [-0.4, -0.2) is 18.0 Å². The number of aliphatic imine (C=N–C) groups is 1. The van der Waals surface area contributed by atoms with Crippen LogP contribution in [0.2, 0.25) is 0 Å². The number of benzene rings is 4. The Morgan fingerprint density at radius 2 is 1.46 bits per heavy atom. The van der Waals surface area contributed by atoms with Gasteiger partial charge in [0.15, 0.2) is 0 Å². The molecule has 0 spiro atoms. The Bertz CT molecular complexity index is 1380. The van der Waals surface area contributed by atoms with Gasteiger partial charge in [-0.15, -0.1) is 0 Å². The van der Waals surface area contributed by atoms with Crippen LogP contribution in [0.3, 0.4) is 0 Å². The van der Waals surface area contributed by atoms with Crippen molar-refractivity contribution < 1.29 is 0 Å². The average molecular weight is 356 g/mol. The maximum Gasteiger partial charge on any atom is 0.246 e. The summed E-state index contributed by atoms with van der Waals surface area (Å²) >= 11 is 0. The molecule has 28 heavy (non-hydrogen) atoms. The van der Waals surface area contributed by atoms with Crippen LogP contribution in [-0.2, 0) is 0 Å². The number of hydrogen-bond acceptors (Lipinski definition) is 1. The molecule has 5 aromatic rings. The van der Waals surface area contributed by atoms with E-state index in [0.717, 1.165) is 5.69 Å². The van der Waals surface area contributed by atoms with E-state index in [0.29, 0.717) is 0 Å². The van der Waals surface area contributed by atoms with E-state index in [1.807, 2.05) is 6.07 Å². The Labute approximate surface area is 163 Å². The summed E-state index contributed by atoms with van der Waals surface area (Å²) in [6.45, 7) is 4.03. The van der Waals surface area contributed by atoms with Crippen molar-refractivity contribution in [3.63, 3.8) is 0 Å². The molecule has 1 aliphatic rings. The number of hydrogen-bond donors (Lipinski definition) is 0. The second-order valence-corrected chi connectivity index (χ2v) is 7.31.